The molecule has 0 aliphatic heterocycles. The van der Waals surface area contributed by atoms with E-state index in [1.54, 1.807) is 13.8 Å². The third-order valence-corrected chi connectivity index (χ3v) is 3.02. The lowest BCUT2D eigenvalue weighted by atomic mass is 9.81. The predicted octanol–water partition coefficient (Wildman–Crippen LogP) is 2.72. The Morgan fingerprint density at radius 3 is 2.00 bits per heavy atom. The maximum absolute atomic E-state index is 10.1. The molecular weight excluding hydrogens is 176 g/mol. The van der Waals surface area contributed by atoms with Crippen LogP contribution in [-0.2, 0) is 0 Å². The van der Waals surface area contributed by atoms with Crippen molar-refractivity contribution in [2.24, 2.45) is 5.92 Å². The number of unbranched alkanes of at least 4 members (excludes halogenated alkanes) is 1. The highest BCUT2D eigenvalue weighted by molar-refractivity contribution is 4.82. The second kappa shape index (κ2) is 5.13. The molecular formula is C12H26O2. The monoisotopic (exact) mass is 202 g/mol. The van der Waals surface area contributed by atoms with E-state index in [4.69, 9.17) is 0 Å². The summed E-state index contributed by atoms with van der Waals surface area (Å²) in [6, 6.07) is 0. The molecule has 0 spiro atoms. The fourth-order valence-electron chi connectivity index (χ4n) is 1.57. The third kappa shape index (κ3) is 5.61. The summed E-state index contributed by atoms with van der Waals surface area (Å²) >= 11 is 0. The number of hydrogen-bond acceptors (Lipinski definition) is 2. The molecule has 0 heterocycles. The van der Waals surface area contributed by atoms with Crippen molar-refractivity contribution in [2.45, 2.75) is 71.5 Å². The van der Waals surface area contributed by atoms with E-state index in [0.717, 1.165) is 19.3 Å². The Bertz CT molecular complexity index is 156. The van der Waals surface area contributed by atoms with Crippen LogP contribution < -0.4 is 0 Å². The lowest BCUT2D eigenvalue weighted by molar-refractivity contribution is -0.0365. The van der Waals surface area contributed by atoms with Crippen molar-refractivity contribution >= 4 is 0 Å². The molecule has 0 aromatic heterocycles. The maximum atomic E-state index is 10.1. The van der Waals surface area contributed by atoms with Crippen LogP contribution in [0.5, 0.6) is 0 Å². The quantitative estimate of drug-likeness (QED) is 0.695. The van der Waals surface area contributed by atoms with Gasteiger partial charge in [-0.15, -0.1) is 0 Å². The zero-order valence-corrected chi connectivity index (χ0v) is 10.3. The van der Waals surface area contributed by atoms with Gasteiger partial charge in [0.05, 0.1) is 11.2 Å². The molecule has 2 heteroatoms. The molecule has 0 aliphatic rings. The van der Waals surface area contributed by atoms with Gasteiger partial charge in [0.1, 0.15) is 0 Å². The second-order valence-electron chi connectivity index (χ2n) is 5.36. The number of hydrogen-bond donors (Lipinski definition) is 2. The van der Waals surface area contributed by atoms with Crippen molar-refractivity contribution in [3.05, 3.63) is 0 Å². The molecule has 0 amide bonds. The van der Waals surface area contributed by atoms with Crippen LogP contribution in [0.4, 0.5) is 0 Å². The summed E-state index contributed by atoms with van der Waals surface area (Å²) in [5.41, 5.74) is -1.33. The molecule has 0 aromatic rings. The van der Waals surface area contributed by atoms with Gasteiger partial charge >= 0.3 is 0 Å². The molecule has 2 unspecified atom stereocenters. The van der Waals surface area contributed by atoms with Gasteiger partial charge in [-0.25, -0.2) is 0 Å². The van der Waals surface area contributed by atoms with Gasteiger partial charge in [0, 0.05) is 0 Å². The zero-order valence-electron chi connectivity index (χ0n) is 10.3. The van der Waals surface area contributed by atoms with Crippen LogP contribution >= 0.6 is 0 Å². The van der Waals surface area contributed by atoms with Gasteiger partial charge in [0.15, 0.2) is 0 Å². The third-order valence-electron chi connectivity index (χ3n) is 3.02. The van der Waals surface area contributed by atoms with Crippen LogP contribution in [0, 0.1) is 5.92 Å². The van der Waals surface area contributed by atoms with Crippen LogP contribution in [0.25, 0.3) is 0 Å². The van der Waals surface area contributed by atoms with Crippen LogP contribution in [0.15, 0.2) is 0 Å². The van der Waals surface area contributed by atoms with Gasteiger partial charge in [-0.05, 0) is 39.5 Å². The zero-order chi connectivity index (χ0) is 11.4. The second-order valence-corrected chi connectivity index (χ2v) is 5.36. The molecule has 0 aliphatic carbocycles. The maximum Gasteiger partial charge on any atom is 0.0623 e. The smallest absolute Gasteiger partial charge is 0.0623 e. The van der Waals surface area contributed by atoms with Gasteiger partial charge < -0.3 is 10.2 Å². The van der Waals surface area contributed by atoms with Crippen LogP contribution in [-0.4, -0.2) is 21.4 Å². The molecule has 0 aromatic carbocycles. The minimum atomic E-state index is -0.698. The van der Waals surface area contributed by atoms with E-state index < -0.39 is 11.2 Å². The van der Waals surface area contributed by atoms with Crippen molar-refractivity contribution in [1.29, 1.82) is 0 Å². The molecule has 0 saturated heterocycles. The van der Waals surface area contributed by atoms with Gasteiger partial charge in [-0.3, -0.25) is 0 Å². The standard InChI is InChI=1S/C12H26O2/c1-6-7-8-12(5,14)9-10(2)11(3,4)13/h10,13-14H,6-9H2,1-5H3. The fourth-order valence-corrected chi connectivity index (χ4v) is 1.57. The molecule has 2 N–H and O–H groups in total. The summed E-state index contributed by atoms with van der Waals surface area (Å²) in [4.78, 5) is 0. The summed E-state index contributed by atoms with van der Waals surface area (Å²) in [6.45, 7) is 9.57. The van der Waals surface area contributed by atoms with E-state index in [0.29, 0.717) is 6.42 Å². The Hall–Kier alpha value is -0.0800. The van der Waals surface area contributed by atoms with Crippen molar-refractivity contribution in [3.8, 4) is 0 Å². The van der Waals surface area contributed by atoms with Gasteiger partial charge in [-0.2, -0.15) is 0 Å². The SMILES string of the molecule is CCCCC(C)(O)CC(C)C(C)(C)O. The van der Waals surface area contributed by atoms with Crippen LogP contribution in [0.3, 0.4) is 0 Å². The van der Waals surface area contributed by atoms with E-state index in [-0.39, 0.29) is 5.92 Å². The van der Waals surface area contributed by atoms with Crippen molar-refractivity contribution < 1.29 is 10.2 Å². The average Bonchev–Trinajstić information content (AvgIpc) is 1.98. The highest BCUT2D eigenvalue weighted by atomic mass is 16.3. The van der Waals surface area contributed by atoms with Crippen LogP contribution in [0.2, 0.25) is 0 Å². The summed E-state index contributed by atoms with van der Waals surface area (Å²) < 4.78 is 0. The van der Waals surface area contributed by atoms with E-state index >= 15 is 0 Å². The molecule has 2 atom stereocenters. The molecule has 86 valence electrons. The largest absolute Gasteiger partial charge is 0.390 e. The molecule has 0 saturated carbocycles. The summed E-state index contributed by atoms with van der Waals surface area (Å²) in [7, 11) is 0. The first-order valence-corrected chi connectivity index (χ1v) is 5.64. The van der Waals surface area contributed by atoms with Crippen molar-refractivity contribution in [1.82, 2.24) is 0 Å². The summed E-state index contributed by atoms with van der Waals surface area (Å²) in [6.07, 6.45) is 3.64. The Morgan fingerprint density at radius 2 is 1.64 bits per heavy atom. The van der Waals surface area contributed by atoms with E-state index in [1.807, 2.05) is 13.8 Å². The van der Waals surface area contributed by atoms with Gasteiger partial charge in [0.25, 0.3) is 0 Å². The summed E-state index contributed by atoms with van der Waals surface area (Å²) in [5.74, 6) is 0.120. The first-order valence-electron chi connectivity index (χ1n) is 5.64. The van der Waals surface area contributed by atoms with Gasteiger partial charge in [-0.1, -0.05) is 26.7 Å². The first kappa shape index (κ1) is 13.9. The Kier molecular flexibility index (Phi) is 5.10. The molecule has 0 fully saturated rings. The van der Waals surface area contributed by atoms with Gasteiger partial charge in [0.2, 0.25) is 0 Å². The summed E-state index contributed by atoms with van der Waals surface area (Å²) in [5, 5.41) is 19.8. The topological polar surface area (TPSA) is 40.5 Å². The average molecular weight is 202 g/mol. The van der Waals surface area contributed by atoms with E-state index in [2.05, 4.69) is 6.92 Å². The molecule has 2 nitrogen and oxygen atoms in total. The predicted molar refractivity (Wildman–Crippen MR) is 60.2 cm³/mol. The van der Waals surface area contributed by atoms with E-state index in [9.17, 15) is 10.2 Å². The molecule has 14 heavy (non-hydrogen) atoms. The lowest BCUT2D eigenvalue weighted by Gasteiger charge is -2.33. The van der Waals surface area contributed by atoms with Crippen molar-refractivity contribution in [3.63, 3.8) is 0 Å². The van der Waals surface area contributed by atoms with Crippen molar-refractivity contribution in [2.75, 3.05) is 0 Å². The highest BCUT2D eigenvalue weighted by Gasteiger charge is 2.30. The lowest BCUT2D eigenvalue weighted by Crippen LogP contribution is -2.36. The number of rotatable bonds is 6. The number of aliphatic hydroxyl groups is 2. The Labute approximate surface area is 88.3 Å². The van der Waals surface area contributed by atoms with E-state index in [1.165, 1.54) is 0 Å². The first-order chi connectivity index (χ1) is 6.19. The molecule has 0 bridgehead atoms. The minimum absolute atomic E-state index is 0.120. The normalized spacial score (nSPS) is 19.1. The minimum Gasteiger partial charge on any atom is -0.390 e. The van der Waals surface area contributed by atoms with Crippen LogP contribution in [0.1, 0.15) is 60.3 Å². The Balaban J connectivity index is 4.08. The molecule has 0 radical (unpaired) electrons. The fraction of sp³-hybridized carbons (Fsp3) is 1.00. The highest BCUT2D eigenvalue weighted by Crippen LogP contribution is 2.28. The molecule has 0 rings (SSSR count). The Morgan fingerprint density at radius 1 is 1.14 bits per heavy atom.